The fraction of sp³-hybridized carbons (Fsp3) is 0.440. The molecular formula is C25H30N6O2. The number of aromatic nitrogens is 3. The van der Waals surface area contributed by atoms with Gasteiger partial charge in [0.05, 0.1) is 17.9 Å². The average Bonchev–Trinajstić information content (AvgIpc) is 3.33. The zero-order valence-corrected chi connectivity index (χ0v) is 19.1. The molecule has 3 aromatic rings. The number of hydrogen-bond donors (Lipinski definition) is 0. The van der Waals surface area contributed by atoms with Crippen LogP contribution in [0, 0.1) is 0 Å². The number of rotatable bonds is 4. The van der Waals surface area contributed by atoms with Gasteiger partial charge in [0.15, 0.2) is 5.65 Å². The second-order valence-electron chi connectivity index (χ2n) is 8.88. The predicted molar refractivity (Wildman–Crippen MR) is 126 cm³/mol. The molecule has 0 bridgehead atoms. The SMILES string of the molecule is CC(C(=O)N1CCCCC1)N1CCN(C(=O)c2cnn3c(-c4ccccc4)ccnc23)CC1. The summed E-state index contributed by atoms with van der Waals surface area (Å²) in [5.41, 5.74) is 3.00. The minimum atomic E-state index is -0.146. The molecule has 2 aliphatic rings. The Balaban J connectivity index is 1.27. The monoisotopic (exact) mass is 446 g/mol. The van der Waals surface area contributed by atoms with Crippen molar-refractivity contribution < 1.29 is 9.59 Å². The highest BCUT2D eigenvalue weighted by Gasteiger charge is 2.31. The number of carbonyl (C=O) groups excluding carboxylic acids is 2. The molecule has 0 N–H and O–H groups in total. The third kappa shape index (κ3) is 4.23. The lowest BCUT2D eigenvalue weighted by atomic mass is 10.1. The number of piperazine rings is 1. The topological polar surface area (TPSA) is 74.1 Å². The minimum absolute atomic E-state index is 0.0580. The van der Waals surface area contributed by atoms with Gasteiger partial charge in [0, 0.05) is 51.0 Å². The third-order valence-electron chi connectivity index (χ3n) is 6.88. The van der Waals surface area contributed by atoms with Crippen molar-refractivity contribution in [2.45, 2.75) is 32.2 Å². The van der Waals surface area contributed by atoms with Crippen molar-refractivity contribution in [2.75, 3.05) is 39.3 Å². The van der Waals surface area contributed by atoms with Crippen LogP contribution in [0.1, 0.15) is 36.5 Å². The van der Waals surface area contributed by atoms with Crippen LogP contribution in [-0.2, 0) is 4.79 Å². The number of fused-ring (bicyclic) bond motifs is 1. The summed E-state index contributed by atoms with van der Waals surface area (Å²) in [5, 5.41) is 4.48. The molecule has 1 atom stereocenters. The zero-order valence-electron chi connectivity index (χ0n) is 19.1. The van der Waals surface area contributed by atoms with Gasteiger partial charge in [-0.2, -0.15) is 5.10 Å². The Morgan fingerprint density at radius 1 is 0.879 bits per heavy atom. The molecule has 2 saturated heterocycles. The van der Waals surface area contributed by atoms with Gasteiger partial charge in [0.25, 0.3) is 5.91 Å². The van der Waals surface area contributed by atoms with Gasteiger partial charge < -0.3 is 9.80 Å². The molecule has 8 nitrogen and oxygen atoms in total. The van der Waals surface area contributed by atoms with Crippen molar-refractivity contribution >= 4 is 17.5 Å². The van der Waals surface area contributed by atoms with Crippen molar-refractivity contribution in [1.29, 1.82) is 0 Å². The largest absolute Gasteiger partial charge is 0.341 e. The van der Waals surface area contributed by atoms with Crippen LogP contribution in [0.15, 0.2) is 48.8 Å². The molecule has 4 heterocycles. The van der Waals surface area contributed by atoms with Crippen LogP contribution in [-0.4, -0.2) is 86.4 Å². The van der Waals surface area contributed by atoms with E-state index in [-0.39, 0.29) is 17.9 Å². The van der Waals surface area contributed by atoms with E-state index in [4.69, 9.17) is 0 Å². The molecule has 0 saturated carbocycles. The second-order valence-corrected chi connectivity index (χ2v) is 8.88. The van der Waals surface area contributed by atoms with Crippen molar-refractivity contribution in [3.05, 3.63) is 54.4 Å². The Bertz CT molecular complexity index is 1130. The first-order valence-corrected chi connectivity index (χ1v) is 11.8. The maximum absolute atomic E-state index is 13.3. The number of carbonyl (C=O) groups is 2. The summed E-state index contributed by atoms with van der Waals surface area (Å²) in [6.45, 7) is 6.29. The lowest BCUT2D eigenvalue weighted by molar-refractivity contribution is -0.137. The van der Waals surface area contributed by atoms with Gasteiger partial charge in [-0.15, -0.1) is 0 Å². The van der Waals surface area contributed by atoms with E-state index in [1.54, 1.807) is 16.9 Å². The van der Waals surface area contributed by atoms with E-state index >= 15 is 0 Å². The first kappa shape index (κ1) is 21.6. The number of nitrogens with zero attached hydrogens (tertiary/aromatic N) is 6. The summed E-state index contributed by atoms with van der Waals surface area (Å²) in [4.78, 5) is 36.7. The molecule has 2 fully saturated rings. The molecule has 2 aliphatic heterocycles. The maximum Gasteiger partial charge on any atom is 0.259 e. The highest BCUT2D eigenvalue weighted by molar-refractivity contribution is 6.00. The van der Waals surface area contributed by atoms with Crippen LogP contribution in [0.4, 0.5) is 0 Å². The van der Waals surface area contributed by atoms with Gasteiger partial charge in [0.2, 0.25) is 5.91 Å². The van der Waals surface area contributed by atoms with Gasteiger partial charge in [0.1, 0.15) is 5.56 Å². The fourth-order valence-corrected chi connectivity index (χ4v) is 4.89. The Morgan fingerprint density at radius 2 is 1.61 bits per heavy atom. The lowest BCUT2D eigenvalue weighted by Gasteiger charge is -2.39. The zero-order chi connectivity index (χ0) is 22.8. The fourth-order valence-electron chi connectivity index (χ4n) is 4.89. The van der Waals surface area contributed by atoms with Crippen LogP contribution in [0.3, 0.4) is 0 Å². The smallest absolute Gasteiger partial charge is 0.259 e. The highest BCUT2D eigenvalue weighted by atomic mass is 16.2. The highest BCUT2D eigenvalue weighted by Crippen LogP contribution is 2.22. The summed E-state index contributed by atoms with van der Waals surface area (Å²) >= 11 is 0. The molecule has 1 aromatic carbocycles. The first-order valence-electron chi connectivity index (χ1n) is 11.8. The third-order valence-corrected chi connectivity index (χ3v) is 6.88. The van der Waals surface area contributed by atoms with E-state index in [1.165, 1.54) is 6.42 Å². The van der Waals surface area contributed by atoms with E-state index < -0.39 is 0 Å². The van der Waals surface area contributed by atoms with Gasteiger partial charge in [-0.1, -0.05) is 30.3 Å². The Kier molecular flexibility index (Phi) is 6.09. The standard InChI is InChI=1S/C25H30N6O2/c1-19(24(32)29-12-6-3-7-13-29)28-14-16-30(17-15-28)25(33)21-18-27-31-22(10-11-26-23(21)31)20-8-4-2-5-9-20/h2,4-5,8-11,18-19H,3,6-7,12-17H2,1H3. The average molecular weight is 447 g/mol. The van der Waals surface area contributed by atoms with E-state index in [2.05, 4.69) is 15.0 Å². The Labute approximate surface area is 193 Å². The molecule has 0 spiro atoms. The van der Waals surface area contributed by atoms with Crippen molar-refractivity contribution in [3.63, 3.8) is 0 Å². The van der Waals surface area contributed by atoms with Crippen LogP contribution in [0.25, 0.3) is 16.9 Å². The molecule has 5 rings (SSSR count). The van der Waals surface area contributed by atoms with Crippen molar-refractivity contribution in [2.24, 2.45) is 0 Å². The summed E-state index contributed by atoms with van der Waals surface area (Å²) in [7, 11) is 0. The molecule has 172 valence electrons. The second kappa shape index (κ2) is 9.31. The van der Waals surface area contributed by atoms with Crippen LogP contribution in [0.5, 0.6) is 0 Å². The Morgan fingerprint density at radius 3 is 2.33 bits per heavy atom. The molecule has 0 radical (unpaired) electrons. The number of likely N-dealkylation sites (tertiary alicyclic amines) is 1. The summed E-state index contributed by atoms with van der Waals surface area (Å²) in [5.74, 6) is 0.159. The van der Waals surface area contributed by atoms with E-state index in [0.29, 0.717) is 37.4 Å². The number of amides is 2. The molecule has 1 unspecified atom stereocenters. The van der Waals surface area contributed by atoms with Gasteiger partial charge in [-0.25, -0.2) is 9.50 Å². The predicted octanol–water partition coefficient (Wildman–Crippen LogP) is 2.56. The van der Waals surface area contributed by atoms with Crippen molar-refractivity contribution in [1.82, 2.24) is 29.3 Å². The van der Waals surface area contributed by atoms with Crippen LogP contribution in [0.2, 0.25) is 0 Å². The maximum atomic E-state index is 13.3. The minimum Gasteiger partial charge on any atom is -0.341 e. The number of hydrogen-bond acceptors (Lipinski definition) is 5. The molecule has 8 heteroatoms. The van der Waals surface area contributed by atoms with Gasteiger partial charge in [-0.05, 0) is 32.3 Å². The Hall–Kier alpha value is -3.26. The van der Waals surface area contributed by atoms with Gasteiger partial charge in [-0.3, -0.25) is 14.5 Å². The quantitative estimate of drug-likeness (QED) is 0.616. The lowest BCUT2D eigenvalue weighted by Crippen LogP contribution is -2.56. The van der Waals surface area contributed by atoms with Crippen LogP contribution < -0.4 is 0 Å². The number of benzene rings is 1. The summed E-state index contributed by atoms with van der Waals surface area (Å²) in [6, 6.07) is 11.7. The van der Waals surface area contributed by atoms with E-state index in [0.717, 1.165) is 37.2 Å². The van der Waals surface area contributed by atoms with E-state index in [9.17, 15) is 9.59 Å². The van der Waals surface area contributed by atoms with Crippen molar-refractivity contribution in [3.8, 4) is 11.3 Å². The summed E-state index contributed by atoms with van der Waals surface area (Å²) < 4.78 is 1.73. The first-order chi connectivity index (χ1) is 16.1. The van der Waals surface area contributed by atoms with E-state index in [1.807, 2.05) is 53.1 Å². The number of piperidine rings is 1. The summed E-state index contributed by atoms with van der Waals surface area (Å²) in [6.07, 6.45) is 6.75. The molecule has 2 aromatic heterocycles. The molecule has 33 heavy (non-hydrogen) atoms. The molecular weight excluding hydrogens is 416 g/mol. The normalized spacial score (nSPS) is 18.5. The molecule has 2 amide bonds. The van der Waals surface area contributed by atoms with Crippen LogP contribution >= 0.6 is 0 Å². The van der Waals surface area contributed by atoms with Gasteiger partial charge >= 0.3 is 0 Å². The molecule has 0 aliphatic carbocycles.